The molecule has 1 aliphatic heterocycles. The summed E-state index contributed by atoms with van der Waals surface area (Å²) in [6.45, 7) is 0. The van der Waals surface area contributed by atoms with Crippen molar-refractivity contribution in [2.45, 2.75) is 12.0 Å². The lowest BCUT2D eigenvalue weighted by Gasteiger charge is -2.34. The van der Waals surface area contributed by atoms with Crippen molar-refractivity contribution < 1.29 is 9.59 Å². The largest absolute Gasteiger partial charge is 0.269 e. The number of amides is 2. The lowest BCUT2D eigenvalue weighted by atomic mass is 9.81. The van der Waals surface area contributed by atoms with Gasteiger partial charge in [-0.05, 0) is 28.8 Å². The minimum Gasteiger partial charge on any atom is -0.269 e. The van der Waals surface area contributed by atoms with E-state index >= 15 is 0 Å². The summed E-state index contributed by atoms with van der Waals surface area (Å²) in [6, 6.07) is 36.6. The van der Waals surface area contributed by atoms with E-state index in [0.29, 0.717) is 11.1 Å². The first-order valence-electron chi connectivity index (χ1n) is 10.4. The van der Waals surface area contributed by atoms with Crippen molar-refractivity contribution >= 4 is 11.8 Å². The zero-order chi connectivity index (χ0) is 21.2. The van der Waals surface area contributed by atoms with E-state index in [2.05, 4.69) is 24.3 Å². The third-order valence-electron chi connectivity index (χ3n) is 5.88. The summed E-state index contributed by atoms with van der Waals surface area (Å²) in [7, 11) is 0. The van der Waals surface area contributed by atoms with Crippen LogP contribution in [0, 0.1) is 0 Å². The van der Waals surface area contributed by atoms with Crippen LogP contribution in [0.4, 0.5) is 0 Å². The zero-order valence-corrected chi connectivity index (χ0v) is 16.9. The quantitative estimate of drug-likeness (QED) is 0.392. The molecule has 0 saturated carbocycles. The molecule has 1 heterocycles. The Labute approximate surface area is 181 Å². The van der Waals surface area contributed by atoms with E-state index < -0.39 is 6.04 Å². The van der Waals surface area contributed by atoms with Crippen LogP contribution < -0.4 is 0 Å². The molecule has 0 bridgehead atoms. The number of benzene rings is 4. The highest BCUT2D eigenvalue weighted by molar-refractivity contribution is 6.21. The fraction of sp³-hybridized carbons (Fsp3) is 0.0714. The van der Waals surface area contributed by atoms with Gasteiger partial charge in [-0.3, -0.25) is 14.5 Å². The van der Waals surface area contributed by atoms with Gasteiger partial charge < -0.3 is 0 Å². The van der Waals surface area contributed by atoms with Gasteiger partial charge in [-0.15, -0.1) is 0 Å². The van der Waals surface area contributed by atoms with Crippen molar-refractivity contribution in [2.75, 3.05) is 0 Å². The molecule has 31 heavy (non-hydrogen) atoms. The van der Waals surface area contributed by atoms with Gasteiger partial charge in [0.15, 0.2) is 0 Å². The Morgan fingerprint density at radius 2 is 0.806 bits per heavy atom. The average molecular weight is 403 g/mol. The number of fused-ring (bicyclic) bond motifs is 1. The summed E-state index contributed by atoms with van der Waals surface area (Å²) in [4.78, 5) is 28.4. The maximum Gasteiger partial charge on any atom is 0.262 e. The second-order valence-electron chi connectivity index (χ2n) is 7.68. The first kappa shape index (κ1) is 19.0. The molecular weight excluding hydrogens is 382 g/mol. The highest BCUT2D eigenvalue weighted by Gasteiger charge is 2.44. The van der Waals surface area contributed by atoms with Crippen molar-refractivity contribution in [3.63, 3.8) is 0 Å². The smallest absolute Gasteiger partial charge is 0.262 e. The zero-order valence-electron chi connectivity index (χ0n) is 16.9. The summed E-state index contributed by atoms with van der Waals surface area (Å²) < 4.78 is 0. The Bertz CT molecular complexity index is 1150. The van der Waals surface area contributed by atoms with E-state index in [4.69, 9.17) is 0 Å². The number of carbonyl (C=O) groups excluding carboxylic acids is 2. The molecule has 1 unspecified atom stereocenters. The van der Waals surface area contributed by atoms with Gasteiger partial charge in [0.1, 0.15) is 0 Å². The van der Waals surface area contributed by atoms with Gasteiger partial charge in [0.2, 0.25) is 0 Å². The van der Waals surface area contributed by atoms with Crippen molar-refractivity contribution in [3.05, 3.63) is 143 Å². The number of nitrogens with zero attached hydrogens (tertiary/aromatic N) is 1. The predicted molar refractivity (Wildman–Crippen MR) is 121 cm³/mol. The Hall–Kier alpha value is -3.98. The normalized spacial score (nSPS) is 14.0. The molecule has 3 nitrogen and oxygen atoms in total. The molecule has 0 saturated heterocycles. The Morgan fingerprint density at radius 3 is 1.23 bits per heavy atom. The topological polar surface area (TPSA) is 37.4 Å². The Morgan fingerprint density at radius 1 is 0.452 bits per heavy atom. The van der Waals surface area contributed by atoms with Crippen molar-refractivity contribution in [1.82, 2.24) is 4.90 Å². The van der Waals surface area contributed by atoms with Gasteiger partial charge >= 0.3 is 0 Å². The van der Waals surface area contributed by atoms with Crippen LogP contribution in [0.15, 0.2) is 115 Å². The van der Waals surface area contributed by atoms with Gasteiger partial charge in [0.05, 0.1) is 17.2 Å². The fourth-order valence-electron chi connectivity index (χ4n) is 4.48. The van der Waals surface area contributed by atoms with Gasteiger partial charge in [0.25, 0.3) is 11.8 Å². The first-order chi connectivity index (χ1) is 15.3. The third kappa shape index (κ3) is 3.34. The maximum atomic E-state index is 13.5. The second kappa shape index (κ2) is 8.04. The monoisotopic (exact) mass is 403 g/mol. The summed E-state index contributed by atoms with van der Waals surface area (Å²) in [6.07, 6.45) is 0. The highest BCUT2D eigenvalue weighted by atomic mass is 16.2. The van der Waals surface area contributed by atoms with Crippen LogP contribution in [-0.2, 0) is 0 Å². The minimum atomic E-state index is -0.474. The molecule has 0 radical (unpaired) electrons. The molecule has 5 rings (SSSR count). The molecule has 0 fully saturated rings. The molecule has 2 amide bonds. The molecular formula is C28H21NO2. The van der Waals surface area contributed by atoms with Crippen LogP contribution in [0.1, 0.15) is 49.4 Å². The molecule has 3 heteroatoms. The number of imide groups is 1. The predicted octanol–water partition coefficient (Wildman–Crippen LogP) is 5.86. The SMILES string of the molecule is O=C1c2ccccc2C(=O)N1C(c1ccccc1)C(c1ccccc1)c1ccccc1. The van der Waals surface area contributed by atoms with E-state index in [1.807, 2.05) is 66.7 Å². The lowest BCUT2D eigenvalue weighted by Crippen LogP contribution is -2.37. The lowest BCUT2D eigenvalue weighted by molar-refractivity contribution is 0.0567. The van der Waals surface area contributed by atoms with E-state index in [9.17, 15) is 9.59 Å². The maximum absolute atomic E-state index is 13.5. The summed E-state index contributed by atoms with van der Waals surface area (Å²) in [5.41, 5.74) is 3.97. The second-order valence-corrected chi connectivity index (χ2v) is 7.68. The van der Waals surface area contributed by atoms with Gasteiger partial charge in [-0.2, -0.15) is 0 Å². The van der Waals surface area contributed by atoms with Crippen LogP contribution in [0.5, 0.6) is 0 Å². The average Bonchev–Trinajstić information content (AvgIpc) is 3.09. The number of hydrogen-bond acceptors (Lipinski definition) is 2. The summed E-state index contributed by atoms with van der Waals surface area (Å²) in [5, 5.41) is 0. The van der Waals surface area contributed by atoms with Crippen molar-refractivity contribution in [2.24, 2.45) is 0 Å². The molecule has 1 atom stereocenters. The van der Waals surface area contributed by atoms with E-state index in [1.54, 1.807) is 24.3 Å². The van der Waals surface area contributed by atoms with Crippen molar-refractivity contribution in [3.8, 4) is 0 Å². The van der Waals surface area contributed by atoms with Crippen LogP contribution in [0.25, 0.3) is 0 Å². The summed E-state index contributed by atoms with van der Waals surface area (Å²) in [5.74, 6) is -0.690. The Balaban J connectivity index is 1.73. The standard InChI is InChI=1S/C28H21NO2/c30-27-23-18-10-11-19-24(23)28(31)29(27)26(22-16-8-3-9-17-22)25(20-12-4-1-5-13-20)21-14-6-2-7-15-21/h1-19,25-26H. The van der Waals surface area contributed by atoms with Crippen molar-refractivity contribution in [1.29, 1.82) is 0 Å². The molecule has 1 aliphatic rings. The summed E-state index contributed by atoms with van der Waals surface area (Å²) >= 11 is 0. The molecule has 0 spiro atoms. The number of rotatable bonds is 5. The van der Waals surface area contributed by atoms with Crippen LogP contribution >= 0.6 is 0 Å². The van der Waals surface area contributed by atoms with Crippen LogP contribution in [0.3, 0.4) is 0 Å². The van der Waals surface area contributed by atoms with Gasteiger partial charge in [-0.1, -0.05) is 103 Å². The van der Waals surface area contributed by atoms with Gasteiger partial charge in [0, 0.05) is 5.92 Å². The molecule has 0 aromatic heterocycles. The van der Waals surface area contributed by atoms with Gasteiger partial charge in [-0.25, -0.2) is 0 Å². The first-order valence-corrected chi connectivity index (χ1v) is 10.4. The number of carbonyl (C=O) groups is 2. The van der Waals surface area contributed by atoms with E-state index in [0.717, 1.165) is 16.7 Å². The highest BCUT2D eigenvalue weighted by Crippen LogP contribution is 2.43. The third-order valence-corrected chi connectivity index (χ3v) is 5.88. The molecule has 0 N–H and O–H groups in total. The Kier molecular flexibility index (Phi) is 4.93. The fourth-order valence-corrected chi connectivity index (χ4v) is 4.48. The molecule has 150 valence electrons. The minimum absolute atomic E-state index is 0.202. The van der Waals surface area contributed by atoms with Crippen LogP contribution in [-0.4, -0.2) is 16.7 Å². The van der Waals surface area contributed by atoms with E-state index in [-0.39, 0.29) is 17.7 Å². The molecule has 4 aromatic carbocycles. The molecule has 0 aliphatic carbocycles. The number of hydrogen-bond donors (Lipinski definition) is 0. The molecule has 4 aromatic rings. The van der Waals surface area contributed by atoms with Crippen LogP contribution in [0.2, 0.25) is 0 Å². The van der Waals surface area contributed by atoms with E-state index in [1.165, 1.54) is 4.90 Å².